The largest absolute Gasteiger partial charge is 0.378 e. The van der Waals surface area contributed by atoms with Crippen molar-refractivity contribution < 1.29 is 14.3 Å². The lowest BCUT2D eigenvalue weighted by Crippen LogP contribution is -2.40. The third-order valence-corrected chi connectivity index (χ3v) is 8.37. The van der Waals surface area contributed by atoms with Crippen LogP contribution in [0.1, 0.15) is 46.3 Å². The lowest BCUT2D eigenvalue weighted by molar-refractivity contribution is 0.0507. The Morgan fingerprint density at radius 1 is 1.00 bits per heavy atom. The predicted octanol–water partition coefficient (Wildman–Crippen LogP) is 4.57. The number of anilines is 1. The van der Waals surface area contributed by atoms with Crippen LogP contribution in [-0.4, -0.2) is 71.1 Å². The zero-order valence-corrected chi connectivity index (χ0v) is 22.8. The summed E-state index contributed by atoms with van der Waals surface area (Å²) < 4.78 is 13.4. The van der Waals surface area contributed by atoms with Gasteiger partial charge in [-0.2, -0.15) is 5.10 Å². The van der Waals surface area contributed by atoms with Gasteiger partial charge in [-0.15, -0.1) is 0 Å². The van der Waals surface area contributed by atoms with Gasteiger partial charge in [0, 0.05) is 61.7 Å². The van der Waals surface area contributed by atoms with E-state index in [1.54, 1.807) is 10.9 Å². The zero-order valence-electron chi connectivity index (χ0n) is 22.8. The first-order valence-corrected chi connectivity index (χ1v) is 14.5. The van der Waals surface area contributed by atoms with E-state index in [4.69, 9.17) is 14.5 Å². The Hall–Kier alpha value is -3.75. The molecule has 0 radical (unpaired) electrons. The first-order chi connectivity index (χ1) is 19.7. The van der Waals surface area contributed by atoms with Crippen molar-refractivity contribution in [2.75, 3.05) is 44.4 Å². The van der Waals surface area contributed by atoms with Crippen molar-refractivity contribution in [2.45, 2.75) is 44.8 Å². The summed E-state index contributed by atoms with van der Waals surface area (Å²) in [5, 5.41) is 5.46. The smallest absolute Gasteiger partial charge is 0.254 e. The number of hydrogen-bond donors (Lipinski definition) is 0. The van der Waals surface area contributed by atoms with Gasteiger partial charge >= 0.3 is 0 Å². The fourth-order valence-corrected chi connectivity index (χ4v) is 6.27. The molecule has 1 aliphatic carbocycles. The lowest BCUT2D eigenvalue weighted by atomic mass is 10.0. The van der Waals surface area contributed by atoms with Crippen molar-refractivity contribution in [3.63, 3.8) is 0 Å². The number of rotatable bonds is 7. The van der Waals surface area contributed by atoms with E-state index in [-0.39, 0.29) is 12.0 Å². The topological polar surface area (TPSA) is 72.7 Å². The number of fused-ring (bicyclic) bond motifs is 2. The van der Waals surface area contributed by atoms with Crippen molar-refractivity contribution in [1.29, 1.82) is 0 Å². The number of morpholine rings is 1. The molecule has 8 nitrogen and oxygen atoms in total. The maximum atomic E-state index is 14.0. The molecule has 40 heavy (non-hydrogen) atoms. The molecule has 0 bridgehead atoms. The molecule has 2 aromatic carbocycles. The van der Waals surface area contributed by atoms with Crippen LogP contribution in [-0.2, 0) is 28.9 Å². The molecule has 1 atom stereocenters. The third-order valence-electron chi connectivity index (χ3n) is 8.37. The predicted molar refractivity (Wildman–Crippen MR) is 154 cm³/mol. The van der Waals surface area contributed by atoms with Gasteiger partial charge < -0.3 is 19.3 Å². The number of nitrogens with zero attached hydrogens (tertiary/aromatic N) is 5. The standard InChI is InChI=1S/C32H35N5O3/c38-32(23-7-9-28(10-8-23)37-12-3-11-33-37)36(22-29-6-2-15-40-29)21-27-19-26-18-24-4-1-5-25(24)20-30(26)34-31(27)35-13-16-39-17-14-35/h3,7-12,18-20,29H,1-2,4-6,13-17,21-22H2/t29-/m0/s1. The van der Waals surface area contributed by atoms with Crippen LogP contribution in [0.2, 0.25) is 0 Å². The van der Waals surface area contributed by atoms with Crippen molar-refractivity contribution in [2.24, 2.45) is 0 Å². The Labute approximate surface area is 234 Å². The summed E-state index contributed by atoms with van der Waals surface area (Å²) in [4.78, 5) is 23.5. The second-order valence-corrected chi connectivity index (χ2v) is 11.1. The molecule has 4 heterocycles. The highest BCUT2D eigenvalue weighted by Gasteiger charge is 2.27. The monoisotopic (exact) mass is 537 g/mol. The molecule has 0 N–H and O–H groups in total. The highest BCUT2D eigenvalue weighted by Crippen LogP contribution is 2.31. The molecule has 206 valence electrons. The minimum Gasteiger partial charge on any atom is -0.378 e. The number of ether oxygens (including phenoxy) is 2. The van der Waals surface area contributed by atoms with E-state index in [9.17, 15) is 4.79 Å². The molecule has 0 saturated carbocycles. The molecular weight excluding hydrogens is 502 g/mol. The summed E-state index contributed by atoms with van der Waals surface area (Å²) in [6, 6.07) is 16.4. The van der Waals surface area contributed by atoms with Gasteiger partial charge in [0.1, 0.15) is 5.82 Å². The second-order valence-electron chi connectivity index (χ2n) is 11.1. The normalized spacial score (nSPS) is 18.8. The molecule has 2 aliphatic heterocycles. The molecule has 2 fully saturated rings. The maximum Gasteiger partial charge on any atom is 0.254 e. The number of carbonyl (C=O) groups is 1. The minimum absolute atomic E-state index is 0.00416. The van der Waals surface area contributed by atoms with Crippen molar-refractivity contribution in [3.8, 4) is 5.69 Å². The Balaban J connectivity index is 1.24. The van der Waals surface area contributed by atoms with Gasteiger partial charge in [0.05, 0.1) is 30.5 Å². The van der Waals surface area contributed by atoms with E-state index in [0.717, 1.165) is 73.4 Å². The molecule has 0 unspecified atom stereocenters. The van der Waals surface area contributed by atoms with Crippen LogP contribution in [0, 0.1) is 0 Å². The fourth-order valence-electron chi connectivity index (χ4n) is 6.27. The van der Waals surface area contributed by atoms with Gasteiger partial charge in [0.2, 0.25) is 0 Å². The molecule has 2 aromatic heterocycles. The number of benzene rings is 2. The minimum atomic E-state index is 0.00416. The van der Waals surface area contributed by atoms with E-state index in [0.29, 0.717) is 31.9 Å². The Bertz CT molecular complexity index is 1490. The molecule has 4 aromatic rings. The third kappa shape index (κ3) is 5.09. The number of amides is 1. The molecule has 8 heteroatoms. The van der Waals surface area contributed by atoms with Crippen molar-refractivity contribution in [1.82, 2.24) is 19.7 Å². The van der Waals surface area contributed by atoms with E-state index >= 15 is 0 Å². The average molecular weight is 538 g/mol. The Morgan fingerprint density at radius 2 is 1.82 bits per heavy atom. The second kappa shape index (κ2) is 11.0. The summed E-state index contributed by atoms with van der Waals surface area (Å²) in [7, 11) is 0. The highest BCUT2D eigenvalue weighted by atomic mass is 16.5. The molecular formula is C32H35N5O3. The van der Waals surface area contributed by atoms with E-state index < -0.39 is 0 Å². The number of carbonyl (C=O) groups excluding carboxylic acids is 1. The SMILES string of the molecule is O=C(c1ccc(-n2cccn2)cc1)N(Cc1cc2cc3c(cc2nc1N1CCOCC1)CCC3)C[C@@H]1CCCO1. The summed E-state index contributed by atoms with van der Waals surface area (Å²) in [6.45, 7) is 4.76. The van der Waals surface area contributed by atoms with Crippen LogP contribution < -0.4 is 4.90 Å². The van der Waals surface area contributed by atoms with Gasteiger partial charge in [-0.05, 0) is 91.8 Å². The number of aryl methyl sites for hydroxylation is 2. The highest BCUT2D eigenvalue weighted by molar-refractivity contribution is 5.94. The Morgan fingerprint density at radius 3 is 2.58 bits per heavy atom. The first-order valence-electron chi connectivity index (χ1n) is 14.5. The van der Waals surface area contributed by atoms with Crippen LogP contribution >= 0.6 is 0 Å². The van der Waals surface area contributed by atoms with Gasteiger partial charge in [-0.3, -0.25) is 4.79 Å². The maximum absolute atomic E-state index is 14.0. The molecule has 7 rings (SSSR count). The van der Waals surface area contributed by atoms with Gasteiger partial charge in [0.25, 0.3) is 5.91 Å². The fraction of sp³-hybridized carbons (Fsp3) is 0.406. The quantitative estimate of drug-likeness (QED) is 0.344. The summed E-state index contributed by atoms with van der Waals surface area (Å²) >= 11 is 0. The van der Waals surface area contributed by atoms with Gasteiger partial charge in [0.15, 0.2) is 0 Å². The zero-order chi connectivity index (χ0) is 26.9. The number of hydrogen-bond acceptors (Lipinski definition) is 6. The lowest BCUT2D eigenvalue weighted by Gasteiger charge is -2.32. The van der Waals surface area contributed by atoms with E-state index in [1.165, 1.54) is 17.5 Å². The average Bonchev–Trinajstić information content (AvgIpc) is 3.79. The van der Waals surface area contributed by atoms with Crippen molar-refractivity contribution in [3.05, 3.63) is 83.2 Å². The van der Waals surface area contributed by atoms with Crippen LogP contribution in [0.15, 0.2) is 60.9 Å². The first kappa shape index (κ1) is 25.2. The summed E-state index contributed by atoms with van der Waals surface area (Å²) in [5.74, 6) is 0.970. The molecule has 0 spiro atoms. The van der Waals surface area contributed by atoms with Gasteiger partial charge in [-0.1, -0.05) is 0 Å². The van der Waals surface area contributed by atoms with Crippen LogP contribution in [0.5, 0.6) is 0 Å². The van der Waals surface area contributed by atoms with Gasteiger partial charge in [-0.25, -0.2) is 9.67 Å². The molecule has 1 amide bonds. The summed E-state index contributed by atoms with van der Waals surface area (Å²) in [6.07, 6.45) is 9.17. The summed E-state index contributed by atoms with van der Waals surface area (Å²) in [5.41, 5.74) is 6.56. The molecule has 3 aliphatic rings. The number of aromatic nitrogens is 3. The van der Waals surface area contributed by atoms with E-state index in [2.05, 4.69) is 28.2 Å². The Kier molecular flexibility index (Phi) is 6.95. The van der Waals surface area contributed by atoms with Crippen LogP contribution in [0.4, 0.5) is 5.82 Å². The number of pyridine rings is 1. The van der Waals surface area contributed by atoms with Crippen LogP contribution in [0.25, 0.3) is 16.6 Å². The molecule has 2 saturated heterocycles. The van der Waals surface area contributed by atoms with E-state index in [1.807, 2.05) is 41.4 Å². The van der Waals surface area contributed by atoms with Crippen molar-refractivity contribution >= 4 is 22.6 Å². The van der Waals surface area contributed by atoms with Crippen LogP contribution in [0.3, 0.4) is 0 Å².